The summed E-state index contributed by atoms with van der Waals surface area (Å²) in [7, 11) is 2.01. The molecule has 2 aliphatic rings. The van der Waals surface area contributed by atoms with Gasteiger partial charge in [0.1, 0.15) is 0 Å². The molecular formula is C20H25ClN2OS. The van der Waals surface area contributed by atoms with Gasteiger partial charge in [-0.15, -0.1) is 23.7 Å². The number of nitrogens with zero attached hydrogens (tertiary/aromatic N) is 1. The summed E-state index contributed by atoms with van der Waals surface area (Å²) in [5.74, 6) is 0.942. The number of rotatable bonds is 3. The summed E-state index contributed by atoms with van der Waals surface area (Å²) in [6.07, 6.45) is 4.37. The first kappa shape index (κ1) is 18.4. The summed E-state index contributed by atoms with van der Waals surface area (Å²) in [5, 5.41) is 3.25. The van der Waals surface area contributed by atoms with Crippen LogP contribution in [0.2, 0.25) is 0 Å². The van der Waals surface area contributed by atoms with Crippen molar-refractivity contribution < 1.29 is 4.79 Å². The molecule has 1 amide bonds. The molecule has 2 heterocycles. The Hall–Kier alpha value is -1.36. The number of aryl methyl sites for hydroxylation is 2. The number of hydrogen-bond donors (Lipinski definition) is 1. The van der Waals surface area contributed by atoms with Crippen molar-refractivity contribution in [2.45, 2.75) is 25.7 Å². The average Bonchev–Trinajstić information content (AvgIpc) is 3.07. The van der Waals surface area contributed by atoms with Crippen LogP contribution in [0.15, 0.2) is 30.3 Å². The van der Waals surface area contributed by atoms with E-state index in [0.717, 1.165) is 50.2 Å². The molecule has 1 saturated heterocycles. The molecule has 1 aromatic heterocycles. The highest BCUT2D eigenvalue weighted by Gasteiger charge is 2.26. The van der Waals surface area contributed by atoms with Gasteiger partial charge < -0.3 is 10.2 Å². The van der Waals surface area contributed by atoms with Crippen molar-refractivity contribution >= 4 is 29.7 Å². The van der Waals surface area contributed by atoms with Gasteiger partial charge in [-0.3, -0.25) is 4.79 Å². The molecule has 134 valence electrons. The quantitative estimate of drug-likeness (QED) is 0.877. The number of piperidine rings is 1. The second kappa shape index (κ2) is 7.90. The Balaban J connectivity index is 0.00000182. The van der Waals surface area contributed by atoms with Crippen LogP contribution in [0.1, 0.15) is 33.6 Å². The number of thiophene rings is 1. The maximum Gasteiger partial charge on any atom is 0.263 e. The molecule has 2 aromatic rings. The number of benzene rings is 1. The highest BCUT2D eigenvalue weighted by molar-refractivity contribution is 7.17. The third-order valence-electron chi connectivity index (χ3n) is 5.34. The van der Waals surface area contributed by atoms with Gasteiger partial charge in [0, 0.05) is 18.0 Å². The van der Waals surface area contributed by atoms with Crippen molar-refractivity contribution in [1.29, 1.82) is 0 Å². The fourth-order valence-corrected chi connectivity index (χ4v) is 5.20. The number of hydrogen-bond acceptors (Lipinski definition) is 3. The van der Waals surface area contributed by atoms with E-state index >= 15 is 0 Å². The third kappa shape index (κ3) is 3.62. The van der Waals surface area contributed by atoms with E-state index in [9.17, 15) is 4.79 Å². The lowest BCUT2D eigenvalue weighted by Crippen LogP contribution is -2.40. The van der Waals surface area contributed by atoms with E-state index in [4.69, 9.17) is 0 Å². The van der Waals surface area contributed by atoms with Crippen LogP contribution in [-0.4, -0.2) is 37.5 Å². The van der Waals surface area contributed by atoms with Crippen LogP contribution in [0.3, 0.4) is 0 Å². The van der Waals surface area contributed by atoms with E-state index in [2.05, 4.69) is 40.5 Å². The van der Waals surface area contributed by atoms with Crippen molar-refractivity contribution in [1.82, 2.24) is 10.2 Å². The van der Waals surface area contributed by atoms with E-state index in [1.54, 1.807) is 11.3 Å². The fraction of sp³-hybridized carbons (Fsp3) is 0.450. The van der Waals surface area contributed by atoms with Crippen molar-refractivity contribution in [2.24, 2.45) is 5.92 Å². The van der Waals surface area contributed by atoms with Crippen molar-refractivity contribution in [3.05, 3.63) is 46.3 Å². The molecule has 25 heavy (non-hydrogen) atoms. The Morgan fingerprint density at radius 2 is 1.92 bits per heavy atom. The van der Waals surface area contributed by atoms with Gasteiger partial charge >= 0.3 is 0 Å². The summed E-state index contributed by atoms with van der Waals surface area (Å²) in [6, 6.07) is 10.8. The summed E-state index contributed by atoms with van der Waals surface area (Å²) in [5.41, 5.74) is 4.10. The van der Waals surface area contributed by atoms with Gasteiger partial charge in [0.2, 0.25) is 0 Å². The molecule has 3 nitrogen and oxygen atoms in total. The number of carbonyl (C=O) groups excluding carboxylic acids is 1. The highest BCUT2D eigenvalue weighted by Crippen LogP contribution is 2.40. The molecule has 0 saturated carbocycles. The Morgan fingerprint density at radius 3 is 2.68 bits per heavy atom. The lowest BCUT2D eigenvalue weighted by molar-refractivity contribution is 0.0696. The van der Waals surface area contributed by atoms with Crippen LogP contribution in [-0.2, 0) is 12.8 Å². The topological polar surface area (TPSA) is 32.3 Å². The van der Waals surface area contributed by atoms with E-state index in [1.807, 2.05) is 7.05 Å². The minimum atomic E-state index is 0. The second-order valence-electron chi connectivity index (χ2n) is 6.92. The van der Waals surface area contributed by atoms with Gasteiger partial charge in [-0.2, -0.15) is 0 Å². The van der Waals surface area contributed by atoms with Gasteiger partial charge in [0.05, 0.1) is 4.88 Å². The maximum atomic E-state index is 12.9. The fourth-order valence-electron chi connectivity index (χ4n) is 3.96. The number of carbonyl (C=O) groups is 1. The predicted octanol–water partition coefficient (Wildman–Crippen LogP) is 4.01. The second-order valence-corrected chi connectivity index (χ2v) is 7.97. The molecule has 0 atom stereocenters. The number of amides is 1. The number of likely N-dealkylation sites (tertiary alicyclic amines) is 1. The van der Waals surface area contributed by atoms with Crippen LogP contribution < -0.4 is 5.32 Å². The third-order valence-corrected chi connectivity index (χ3v) is 6.54. The Bertz CT molecular complexity index is 750. The zero-order valence-corrected chi connectivity index (χ0v) is 16.2. The van der Waals surface area contributed by atoms with Gasteiger partial charge in [-0.05, 0) is 68.0 Å². The normalized spacial score (nSPS) is 16.8. The lowest BCUT2D eigenvalue weighted by Gasteiger charge is -2.31. The van der Waals surface area contributed by atoms with Gasteiger partial charge in [0.15, 0.2) is 0 Å². The first-order valence-corrected chi connectivity index (χ1v) is 9.73. The molecule has 5 heteroatoms. The smallest absolute Gasteiger partial charge is 0.263 e. The molecule has 1 aromatic carbocycles. The number of nitrogens with one attached hydrogen (secondary N) is 1. The Morgan fingerprint density at radius 1 is 1.20 bits per heavy atom. The van der Waals surface area contributed by atoms with Crippen molar-refractivity contribution in [3.63, 3.8) is 0 Å². The zero-order chi connectivity index (χ0) is 16.5. The molecule has 1 N–H and O–H groups in total. The molecular weight excluding hydrogens is 352 g/mol. The minimum absolute atomic E-state index is 0. The predicted molar refractivity (Wildman–Crippen MR) is 107 cm³/mol. The highest BCUT2D eigenvalue weighted by atomic mass is 35.5. The average molecular weight is 377 g/mol. The molecule has 1 fully saturated rings. The Labute approximate surface area is 159 Å². The molecule has 0 spiro atoms. The molecule has 0 radical (unpaired) electrons. The van der Waals surface area contributed by atoms with Crippen molar-refractivity contribution in [2.75, 3.05) is 26.7 Å². The first-order valence-electron chi connectivity index (χ1n) is 8.91. The van der Waals surface area contributed by atoms with Gasteiger partial charge in [0.25, 0.3) is 5.91 Å². The van der Waals surface area contributed by atoms with E-state index in [0.29, 0.717) is 5.92 Å². The van der Waals surface area contributed by atoms with Gasteiger partial charge in [-0.1, -0.05) is 24.3 Å². The minimum Gasteiger partial charge on any atom is -0.338 e. The summed E-state index contributed by atoms with van der Waals surface area (Å²) in [6.45, 7) is 2.85. The number of fused-ring (bicyclic) bond motifs is 3. The van der Waals surface area contributed by atoms with Crippen LogP contribution in [0.4, 0.5) is 0 Å². The maximum absolute atomic E-state index is 12.9. The molecule has 4 rings (SSSR count). The van der Waals surface area contributed by atoms with Crippen LogP contribution in [0.25, 0.3) is 10.4 Å². The van der Waals surface area contributed by atoms with Crippen LogP contribution >= 0.6 is 23.7 Å². The largest absolute Gasteiger partial charge is 0.338 e. The summed E-state index contributed by atoms with van der Waals surface area (Å²) in [4.78, 5) is 17.2. The molecule has 1 aliphatic heterocycles. The molecule has 0 unspecified atom stereocenters. The monoisotopic (exact) mass is 376 g/mol. The van der Waals surface area contributed by atoms with Crippen LogP contribution in [0, 0.1) is 5.92 Å². The van der Waals surface area contributed by atoms with Gasteiger partial charge in [-0.25, -0.2) is 0 Å². The lowest BCUT2D eigenvalue weighted by atomic mass is 9.91. The van der Waals surface area contributed by atoms with E-state index in [1.165, 1.54) is 21.6 Å². The first-order chi connectivity index (χ1) is 11.8. The summed E-state index contributed by atoms with van der Waals surface area (Å²) < 4.78 is 0. The van der Waals surface area contributed by atoms with E-state index < -0.39 is 0 Å². The standard InChI is InChI=1S/C20H24N2OS.ClH/c1-21-13-14-8-10-22(11-9-14)20(23)18-12-16-7-6-15-4-2-3-5-17(15)19(16)24-18;/h2-5,12,14,21H,6-11,13H2,1H3;1H. The van der Waals surface area contributed by atoms with Crippen molar-refractivity contribution in [3.8, 4) is 10.4 Å². The van der Waals surface area contributed by atoms with Crippen LogP contribution in [0.5, 0.6) is 0 Å². The summed E-state index contributed by atoms with van der Waals surface area (Å²) >= 11 is 1.69. The molecule has 1 aliphatic carbocycles. The number of halogens is 1. The molecule has 0 bridgehead atoms. The SMILES string of the molecule is CNCC1CCN(C(=O)c2cc3c(s2)-c2ccccc2CC3)CC1.Cl. The van der Waals surface area contributed by atoms with E-state index in [-0.39, 0.29) is 18.3 Å². The zero-order valence-electron chi connectivity index (χ0n) is 14.6. The Kier molecular flexibility index (Phi) is 5.82.